The summed E-state index contributed by atoms with van der Waals surface area (Å²) >= 11 is 0. The van der Waals surface area contributed by atoms with Gasteiger partial charge in [-0.2, -0.15) is 0 Å². The monoisotopic (exact) mass is 290 g/mol. The first-order valence-corrected chi connectivity index (χ1v) is 8.12. The molecule has 20 heavy (non-hydrogen) atoms. The molecule has 0 spiro atoms. The van der Waals surface area contributed by atoms with Gasteiger partial charge in [-0.3, -0.25) is 0 Å². The summed E-state index contributed by atoms with van der Waals surface area (Å²) < 4.78 is 22.0. The third kappa shape index (κ3) is 5.03. The number of sulfonamides is 1. The first-order chi connectivity index (χ1) is 9.53. The highest BCUT2D eigenvalue weighted by molar-refractivity contribution is 7.88. The molecule has 0 saturated heterocycles. The van der Waals surface area contributed by atoms with E-state index in [1.165, 1.54) is 5.56 Å². The second-order valence-electron chi connectivity index (χ2n) is 4.67. The Hall–Kier alpha value is -1.85. The highest BCUT2D eigenvalue weighted by Crippen LogP contribution is 2.11. The van der Waals surface area contributed by atoms with Gasteiger partial charge >= 0.3 is 0 Å². The predicted molar refractivity (Wildman–Crippen MR) is 81.9 cm³/mol. The topological polar surface area (TPSA) is 72.2 Å². The zero-order chi connectivity index (χ0) is 14.4. The summed E-state index contributed by atoms with van der Waals surface area (Å²) in [4.78, 5) is 0. The maximum absolute atomic E-state index is 11.0. The molecule has 106 valence electrons. The fourth-order valence-corrected chi connectivity index (χ4v) is 2.60. The van der Waals surface area contributed by atoms with E-state index in [-0.39, 0.29) is 5.75 Å². The van der Waals surface area contributed by atoms with E-state index in [1.54, 1.807) is 12.1 Å². The number of nitrogens with one attached hydrogen (secondary N) is 1. The highest BCUT2D eigenvalue weighted by Gasteiger charge is 2.04. The Morgan fingerprint density at radius 1 is 0.900 bits per heavy atom. The molecule has 0 fully saturated rings. The number of hydrogen-bond donors (Lipinski definition) is 2. The second kappa shape index (κ2) is 6.54. The van der Waals surface area contributed by atoms with Crippen molar-refractivity contribution in [2.75, 3.05) is 11.9 Å². The largest absolute Gasteiger partial charge is 0.385 e. The first-order valence-electron chi connectivity index (χ1n) is 6.40. The molecule has 0 saturated carbocycles. The van der Waals surface area contributed by atoms with Gasteiger partial charge in [0.15, 0.2) is 0 Å². The van der Waals surface area contributed by atoms with Crippen molar-refractivity contribution in [1.29, 1.82) is 0 Å². The Morgan fingerprint density at radius 3 is 2.15 bits per heavy atom. The first kappa shape index (κ1) is 14.6. The molecule has 5 heteroatoms. The van der Waals surface area contributed by atoms with Crippen LogP contribution in [0.1, 0.15) is 11.1 Å². The molecule has 0 aromatic heterocycles. The number of primary sulfonamides is 1. The minimum absolute atomic E-state index is 0.128. The fraction of sp³-hybridized carbons (Fsp3) is 0.200. The van der Waals surface area contributed by atoms with Crippen molar-refractivity contribution in [3.05, 3.63) is 65.7 Å². The quantitative estimate of drug-likeness (QED) is 0.856. The molecule has 0 bridgehead atoms. The smallest absolute Gasteiger partial charge is 0.213 e. The van der Waals surface area contributed by atoms with Gasteiger partial charge in [0.1, 0.15) is 0 Å². The number of anilines is 1. The van der Waals surface area contributed by atoms with Crippen LogP contribution in [0, 0.1) is 0 Å². The van der Waals surface area contributed by atoms with E-state index in [2.05, 4.69) is 17.4 Å². The maximum Gasteiger partial charge on any atom is 0.213 e. The van der Waals surface area contributed by atoms with Crippen molar-refractivity contribution in [2.45, 2.75) is 12.2 Å². The summed E-state index contributed by atoms with van der Waals surface area (Å²) in [5.74, 6) is -0.128. The normalized spacial score (nSPS) is 11.2. The molecule has 2 aromatic carbocycles. The molecule has 0 atom stereocenters. The van der Waals surface area contributed by atoms with Gasteiger partial charge < -0.3 is 5.32 Å². The Morgan fingerprint density at radius 2 is 1.55 bits per heavy atom. The summed E-state index contributed by atoms with van der Waals surface area (Å²) in [5.41, 5.74) is 2.95. The SMILES string of the molecule is NS(=O)(=O)Cc1ccc(NCCc2ccccc2)cc1. The van der Waals surface area contributed by atoms with E-state index in [0.29, 0.717) is 5.56 Å². The average molecular weight is 290 g/mol. The standard InChI is InChI=1S/C15H18N2O2S/c16-20(18,19)12-14-6-8-15(9-7-14)17-11-10-13-4-2-1-3-5-13/h1-9,17H,10-12H2,(H2,16,18,19). The van der Waals surface area contributed by atoms with Gasteiger partial charge in [0, 0.05) is 12.2 Å². The van der Waals surface area contributed by atoms with Gasteiger partial charge in [0.2, 0.25) is 10.0 Å². The van der Waals surface area contributed by atoms with Crippen LogP contribution < -0.4 is 10.5 Å². The van der Waals surface area contributed by atoms with Gasteiger partial charge in [-0.25, -0.2) is 13.6 Å². The number of nitrogens with two attached hydrogens (primary N) is 1. The molecule has 0 unspecified atom stereocenters. The van der Waals surface area contributed by atoms with Gasteiger partial charge in [0.25, 0.3) is 0 Å². The molecule has 0 aliphatic rings. The number of hydrogen-bond acceptors (Lipinski definition) is 3. The van der Waals surface area contributed by atoms with Crippen molar-refractivity contribution >= 4 is 15.7 Å². The van der Waals surface area contributed by atoms with Crippen LogP contribution in [0.2, 0.25) is 0 Å². The predicted octanol–water partition coefficient (Wildman–Crippen LogP) is 2.13. The van der Waals surface area contributed by atoms with Gasteiger partial charge in [0.05, 0.1) is 5.75 Å². The van der Waals surface area contributed by atoms with Crippen LogP contribution in [0.15, 0.2) is 54.6 Å². The Kier molecular flexibility index (Phi) is 4.76. The van der Waals surface area contributed by atoms with Crippen molar-refractivity contribution in [1.82, 2.24) is 0 Å². The molecule has 2 rings (SSSR count). The van der Waals surface area contributed by atoms with E-state index in [0.717, 1.165) is 18.7 Å². The zero-order valence-electron chi connectivity index (χ0n) is 11.1. The van der Waals surface area contributed by atoms with Gasteiger partial charge in [-0.05, 0) is 29.7 Å². The fourth-order valence-electron chi connectivity index (χ4n) is 1.95. The zero-order valence-corrected chi connectivity index (χ0v) is 11.9. The summed E-state index contributed by atoms with van der Waals surface area (Å²) in [6, 6.07) is 17.5. The Labute approximate surface area is 119 Å². The van der Waals surface area contributed by atoms with Crippen molar-refractivity contribution in [3.8, 4) is 0 Å². The van der Waals surface area contributed by atoms with Crippen LogP contribution in [-0.2, 0) is 22.2 Å². The summed E-state index contributed by atoms with van der Waals surface area (Å²) in [6.45, 7) is 0.832. The molecular formula is C15H18N2O2S. The minimum Gasteiger partial charge on any atom is -0.385 e. The lowest BCUT2D eigenvalue weighted by Crippen LogP contribution is -2.14. The van der Waals surface area contributed by atoms with Crippen LogP contribution in [-0.4, -0.2) is 15.0 Å². The average Bonchev–Trinajstić information content (AvgIpc) is 2.40. The van der Waals surface area contributed by atoms with E-state index < -0.39 is 10.0 Å². The van der Waals surface area contributed by atoms with Crippen molar-refractivity contribution in [3.63, 3.8) is 0 Å². The summed E-state index contributed by atoms with van der Waals surface area (Å²) in [7, 11) is -3.46. The molecule has 0 heterocycles. The molecule has 0 amide bonds. The lowest BCUT2D eigenvalue weighted by molar-refractivity contribution is 0.597. The molecule has 0 radical (unpaired) electrons. The molecule has 0 aliphatic heterocycles. The van der Waals surface area contributed by atoms with Crippen molar-refractivity contribution in [2.24, 2.45) is 5.14 Å². The summed E-state index contributed by atoms with van der Waals surface area (Å²) in [5, 5.41) is 8.31. The maximum atomic E-state index is 11.0. The van der Waals surface area contributed by atoms with E-state index in [4.69, 9.17) is 5.14 Å². The molecular weight excluding hydrogens is 272 g/mol. The highest BCUT2D eigenvalue weighted by atomic mass is 32.2. The lowest BCUT2D eigenvalue weighted by Gasteiger charge is -2.07. The third-order valence-corrected chi connectivity index (χ3v) is 3.64. The molecule has 0 aliphatic carbocycles. The van der Waals surface area contributed by atoms with Crippen LogP contribution in [0.3, 0.4) is 0 Å². The second-order valence-corrected chi connectivity index (χ2v) is 6.28. The molecule has 2 aromatic rings. The van der Waals surface area contributed by atoms with Crippen molar-refractivity contribution < 1.29 is 8.42 Å². The van der Waals surface area contributed by atoms with E-state index >= 15 is 0 Å². The van der Waals surface area contributed by atoms with Crippen LogP contribution in [0.4, 0.5) is 5.69 Å². The van der Waals surface area contributed by atoms with Crippen LogP contribution in [0.5, 0.6) is 0 Å². The summed E-state index contributed by atoms with van der Waals surface area (Å²) in [6.07, 6.45) is 0.944. The van der Waals surface area contributed by atoms with E-state index in [9.17, 15) is 8.42 Å². The Bertz CT molecular complexity index is 637. The number of rotatable bonds is 6. The van der Waals surface area contributed by atoms with Crippen LogP contribution >= 0.6 is 0 Å². The van der Waals surface area contributed by atoms with Crippen LogP contribution in [0.25, 0.3) is 0 Å². The Balaban J connectivity index is 1.85. The van der Waals surface area contributed by atoms with E-state index in [1.807, 2.05) is 30.3 Å². The lowest BCUT2D eigenvalue weighted by atomic mass is 10.1. The van der Waals surface area contributed by atoms with Gasteiger partial charge in [-0.15, -0.1) is 0 Å². The molecule has 4 nitrogen and oxygen atoms in total. The molecule has 3 N–H and O–H groups in total. The number of benzene rings is 2. The minimum atomic E-state index is -3.46. The third-order valence-electron chi connectivity index (χ3n) is 2.91. The van der Waals surface area contributed by atoms with Gasteiger partial charge in [-0.1, -0.05) is 42.5 Å².